The van der Waals surface area contributed by atoms with Gasteiger partial charge in [-0.15, -0.1) is 0 Å². The van der Waals surface area contributed by atoms with Crippen LogP contribution in [-0.2, 0) is 0 Å². The van der Waals surface area contributed by atoms with Crippen LogP contribution in [0.4, 0.5) is 28.8 Å². The second kappa shape index (κ2) is 7.36. The third kappa shape index (κ3) is 3.16. The van der Waals surface area contributed by atoms with Crippen LogP contribution in [0.25, 0.3) is 0 Å². The number of methoxy groups -OCH3 is 1. The smallest absolute Gasteiger partial charge is 0.339 e. The summed E-state index contributed by atoms with van der Waals surface area (Å²) in [6.45, 7) is 0. The average molecular weight is 405 g/mol. The number of carbonyl (C=O) groups excluding carboxylic acids is 1. The Bertz CT molecular complexity index is 1160. The minimum atomic E-state index is -1.08. The molecule has 0 saturated carbocycles. The fourth-order valence-electron chi connectivity index (χ4n) is 3.34. The van der Waals surface area contributed by atoms with Crippen molar-refractivity contribution in [2.75, 3.05) is 36.3 Å². The second-order valence-electron chi connectivity index (χ2n) is 6.69. The van der Waals surface area contributed by atoms with Gasteiger partial charge in [-0.25, -0.2) is 9.78 Å². The van der Waals surface area contributed by atoms with E-state index in [-0.39, 0.29) is 17.2 Å². The summed E-state index contributed by atoms with van der Waals surface area (Å²) >= 11 is 0. The number of hydrogen-bond acceptors (Lipinski definition) is 7. The minimum Gasteiger partial charge on any atom is -0.496 e. The summed E-state index contributed by atoms with van der Waals surface area (Å²) in [4.78, 5) is 36.4. The zero-order valence-electron chi connectivity index (χ0n) is 16.6. The largest absolute Gasteiger partial charge is 0.496 e. The normalized spacial score (nSPS) is 12.7. The number of ether oxygens (including phenoxy) is 1. The first-order valence-electron chi connectivity index (χ1n) is 9.07. The lowest BCUT2D eigenvalue weighted by Crippen LogP contribution is -2.25. The van der Waals surface area contributed by atoms with Gasteiger partial charge in [-0.2, -0.15) is 4.98 Å². The van der Waals surface area contributed by atoms with Crippen molar-refractivity contribution in [1.82, 2.24) is 9.97 Å². The minimum absolute atomic E-state index is 0.0578. The molecule has 0 bridgehead atoms. The fraction of sp³-hybridized carbons (Fsp3) is 0.143. The molecule has 0 radical (unpaired) electrons. The number of rotatable bonds is 4. The van der Waals surface area contributed by atoms with E-state index >= 15 is 0 Å². The zero-order chi connectivity index (χ0) is 21.4. The second-order valence-corrected chi connectivity index (χ2v) is 6.69. The number of fused-ring (bicyclic) bond motifs is 2. The Balaban J connectivity index is 1.73. The van der Waals surface area contributed by atoms with Gasteiger partial charge in [0.15, 0.2) is 5.82 Å². The Morgan fingerprint density at radius 2 is 1.87 bits per heavy atom. The van der Waals surface area contributed by atoms with Crippen molar-refractivity contribution < 1.29 is 19.4 Å². The van der Waals surface area contributed by atoms with Crippen LogP contribution in [-0.4, -0.2) is 48.2 Å². The van der Waals surface area contributed by atoms with Gasteiger partial charge in [0, 0.05) is 25.8 Å². The van der Waals surface area contributed by atoms with Crippen molar-refractivity contribution in [3.63, 3.8) is 0 Å². The molecule has 3 aromatic rings. The Morgan fingerprint density at radius 3 is 2.60 bits per heavy atom. The highest BCUT2D eigenvalue weighted by Gasteiger charge is 2.28. The van der Waals surface area contributed by atoms with Crippen molar-refractivity contribution in [3.05, 3.63) is 59.8 Å². The number of carbonyl (C=O) groups is 2. The van der Waals surface area contributed by atoms with Gasteiger partial charge >= 0.3 is 5.97 Å². The molecule has 152 valence electrons. The number of benzene rings is 2. The first kappa shape index (κ1) is 19.2. The van der Waals surface area contributed by atoms with E-state index in [0.717, 1.165) is 5.69 Å². The maximum atomic E-state index is 12.8. The van der Waals surface area contributed by atoms with Crippen LogP contribution in [0.15, 0.2) is 48.7 Å². The number of carboxylic acids is 1. The van der Waals surface area contributed by atoms with E-state index in [2.05, 4.69) is 15.3 Å². The molecule has 1 aromatic heterocycles. The third-order valence-electron chi connectivity index (χ3n) is 4.92. The molecule has 0 fully saturated rings. The van der Waals surface area contributed by atoms with Crippen LogP contribution in [0, 0.1) is 0 Å². The predicted octanol–water partition coefficient (Wildman–Crippen LogP) is 3.28. The van der Waals surface area contributed by atoms with E-state index in [1.807, 2.05) is 30.1 Å². The molecule has 1 aliphatic rings. The molecule has 1 aliphatic heterocycles. The quantitative estimate of drug-likeness (QED) is 0.681. The Labute approximate surface area is 172 Å². The Kier molecular flexibility index (Phi) is 4.71. The predicted molar refractivity (Wildman–Crippen MR) is 113 cm³/mol. The van der Waals surface area contributed by atoms with Crippen LogP contribution in [0.3, 0.4) is 0 Å². The molecule has 0 aliphatic carbocycles. The molecule has 0 unspecified atom stereocenters. The first-order chi connectivity index (χ1) is 14.4. The molecular formula is C21H19N5O4. The zero-order valence-corrected chi connectivity index (χ0v) is 16.6. The fourth-order valence-corrected chi connectivity index (χ4v) is 3.34. The van der Waals surface area contributed by atoms with Crippen LogP contribution in [0.5, 0.6) is 5.75 Å². The molecule has 2 heterocycles. The van der Waals surface area contributed by atoms with Crippen LogP contribution in [0.2, 0.25) is 0 Å². The molecule has 0 atom stereocenters. The van der Waals surface area contributed by atoms with Crippen molar-refractivity contribution in [1.29, 1.82) is 0 Å². The van der Waals surface area contributed by atoms with Gasteiger partial charge in [0.1, 0.15) is 17.0 Å². The average Bonchev–Trinajstić information content (AvgIpc) is 2.83. The van der Waals surface area contributed by atoms with Crippen molar-refractivity contribution in [3.8, 4) is 5.75 Å². The first-order valence-corrected chi connectivity index (χ1v) is 9.07. The Hall–Kier alpha value is -4.14. The van der Waals surface area contributed by atoms with Crippen LogP contribution >= 0.6 is 0 Å². The lowest BCUT2D eigenvalue weighted by Gasteiger charge is -2.21. The summed E-state index contributed by atoms with van der Waals surface area (Å²) < 4.78 is 5.16. The number of nitrogens with one attached hydrogen (secondary N) is 1. The van der Waals surface area contributed by atoms with E-state index in [9.17, 15) is 14.7 Å². The summed E-state index contributed by atoms with van der Waals surface area (Å²) in [5.41, 5.74) is 2.51. The molecule has 2 N–H and O–H groups in total. The van der Waals surface area contributed by atoms with E-state index in [0.29, 0.717) is 28.7 Å². The standard InChI is InChI=1S/C21H19N5O4/c1-25-15-7-5-4-6-13(15)19(27)26(2)16-11-22-21(24-18(16)25)23-12-8-9-14(20(28)29)17(10-12)30-3/h4-11H,1-3H3,(H,28,29)(H,22,23,24). The van der Waals surface area contributed by atoms with Gasteiger partial charge < -0.3 is 25.0 Å². The highest BCUT2D eigenvalue weighted by atomic mass is 16.5. The Morgan fingerprint density at radius 1 is 1.10 bits per heavy atom. The maximum absolute atomic E-state index is 12.8. The summed E-state index contributed by atoms with van der Waals surface area (Å²) in [6.07, 6.45) is 1.58. The summed E-state index contributed by atoms with van der Waals surface area (Å²) in [5, 5.41) is 12.3. The molecule has 9 heteroatoms. The highest BCUT2D eigenvalue weighted by Crippen LogP contribution is 2.38. The topological polar surface area (TPSA) is 108 Å². The number of para-hydroxylation sites is 1. The van der Waals surface area contributed by atoms with E-state index in [4.69, 9.17) is 4.74 Å². The lowest BCUT2D eigenvalue weighted by atomic mass is 10.1. The lowest BCUT2D eigenvalue weighted by molar-refractivity contribution is 0.0693. The van der Waals surface area contributed by atoms with Gasteiger partial charge in [0.05, 0.1) is 24.6 Å². The molecule has 0 spiro atoms. The summed E-state index contributed by atoms with van der Waals surface area (Å²) in [7, 11) is 4.93. The summed E-state index contributed by atoms with van der Waals surface area (Å²) in [6, 6.07) is 11.9. The number of carboxylic acid groups (broad SMARTS) is 1. The monoisotopic (exact) mass is 405 g/mol. The number of aromatic nitrogens is 2. The maximum Gasteiger partial charge on any atom is 0.339 e. The molecule has 9 nitrogen and oxygen atoms in total. The molecule has 30 heavy (non-hydrogen) atoms. The van der Waals surface area contributed by atoms with Gasteiger partial charge in [-0.3, -0.25) is 4.79 Å². The van der Waals surface area contributed by atoms with Crippen molar-refractivity contribution in [2.45, 2.75) is 0 Å². The molecule has 0 saturated heterocycles. The van der Waals surface area contributed by atoms with Crippen LogP contribution in [0.1, 0.15) is 20.7 Å². The molecular weight excluding hydrogens is 386 g/mol. The molecule has 2 aromatic carbocycles. The van der Waals surface area contributed by atoms with E-state index < -0.39 is 5.97 Å². The number of hydrogen-bond donors (Lipinski definition) is 2. The van der Waals surface area contributed by atoms with E-state index in [1.165, 1.54) is 18.1 Å². The SMILES string of the molecule is COc1cc(Nc2ncc3c(n2)N(C)c2ccccc2C(=O)N3C)ccc1C(=O)O. The van der Waals surface area contributed by atoms with Crippen molar-refractivity contribution >= 4 is 40.7 Å². The van der Waals surface area contributed by atoms with Crippen LogP contribution < -0.4 is 19.9 Å². The molecule has 1 amide bonds. The van der Waals surface area contributed by atoms with E-state index in [1.54, 1.807) is 31.4 Å². The van der Waals surface area contributed by atoms with Crippen molar-refractivity contribution in [2.24, 2.45) is 0 Å². The summed E-state index contributed by atoms with van der Waals surface area (Å²) in [5.74, 6) is -0.144. The van der Waals surface area contributed by atoms with Gasteiger partial charge in [0.25, 0.3) is 5.91 Å². The number of anilines is 5. The van der Waals surface area contributed by atoms with Gasteiger partial charge in [0.2, 0.25) is 5.95 Å². The number of aromatic carboxylic acids is 1. The third-order valence-corrected chi connectivity index (χ3v) is 4.92. The highest BCUT2D eigenvalue weighted by molar-refractivity contribution is 6.13. The number of nitrogens with zero attached hydrogens (tertiary/aromatic N) is 4. The van der Waals surface area contributed by atoms with Gasteiger partial charge in [-0.1, -0.05) is 12.1 Å². The number of amides is 1. The van der Waals surface area contributed by atoms with Gasteiger partial charge in [-0.05, 0) is 24.3 Å². The molecule has 4 rings (SSSR count).